The Kier molecular flexibility index (Phi) is 7.71. The molecule has 2 aromatic carbocycles. The Balaban J connectivity index is 1.60. The minimum atomic E-state index is -3.56. The molecule has 3 rings (SSSR count). The van der Waals surface area contributed by atoms with E-state index in [0.717, 1.165) is 5.56 Å². The second-order valence-corrected chi connectivity index (χ2v) is 11.0. The second-order valence-electron chi connectivity index (χ2n) is 9.17. The summed E-state index contributed by atoms with van der Waals surface area (Å²) < 4.78 is 26.7. The number of piperidine rings is 1. The quantitative estimate of drug-likeness (QED) is 0.671. The molecule has 2 amide bonds. The highest BCUT2D eigenvalue weighted by molar-refractivity contribution is 7.92. The van der Waals surface area contributed by atoms with E-state index < -0.39 is 15.6 Å². The van der Waals surface area contributed by atoms with Gasteiger partial charge >= 0.3 is 0 Å². The van der Waals surface area contributed by atoms with Crippen LogP contribution in [0.4, 0.5) is 5.69 Å². The maximum absolute atomic E-state index is 12.9. The number of carbonyl (C=O) groups excluding carboxylic acids is 2. The van der Waals surface area contributed by atoms with Gasteiger partial charge in [-0.05, 0) is 57.4 Å². The van der Waals surface area contributed by atoms with E-state index in [4.69, 9.17) is 0 Å². The summed E-state index contributed by atoms with van der Waals surface area (Å²) in [5, 5.41) is 6.99. The molecule has 1 fully saturated rings. The van der Waals surface area contributed by atoms with Crippen LogP contribution < -0.4 is 10.6 Å². The topological polar surface area (TPSA) is 95.6 Å². The molecule has 0 atom stereocenters. The lowest BCUT2D eigenvalue weighted by molar-refractivity contribution is -0.120. The monoisotopic (exact) mass is 469 g/mol. The van der Waals surface area contributed by atoms with Gasteiger partial charge in [0, 0.05) is 30.0 Å². The van der Waals surface area contributed by atoms with Gasteiger partial charge in [0.05, 0.1) is 11.3 Å². The predicted octanol–water partition coefficient (Wildman–Crippen LogP) is 3.87. The Bertz CT molecular complexity index is 1110. The number of para-hydroxylation sites is 1. The fraction of sp³-hybridized carbons (Fsp3) is 0.360. The summed E-state index contributed by atoms with van der Waals surface area (Å²) in [6, 6.07) is 16.1. The van der Waals surface area contributed by atoms with E-state index in [9.17, 15) is 18.0 Å². The second kappa shape index (κ2) is 10.3. The van der Waals surface area contributed by atoms with Crippen LogP contribution in [0.25, 0.3) is 6.08 Å². The van der Waals surface area contributed by atoms with Gasteiger partial charge in [-0.3, -0.25) is 9.59 Å². The molecule has 1 saturated heterocycles. The first-order valence-electron chi connectivity index (χ1n) is 11.0. The molecule has 0 radical (unpaired) electrons. The summed E-state index contributed by atoms with van der Waals surface area (Å²) in [6.07, 6.45) is 2.41. The van der Waals surface area contributed by atoms with Gasteiger partial charge < -0.3 is 10.6 Å². The third kappa shape index (κ3) is 7.00. The van der Waals surface area contributed by atoms with Crippen LogP contribution in [0, 0.1) is 5.92 Å². The zero-order valence-electron chi connectivity index (χ0n) is 19.2. The number of rotatable bonds is 6. The fourth-order valence-electron chi connectivity index (χ4n) is 3.62. The lowest BCUT2D eigenvalue weighted by Crippen LogP contribution is -2.42. The summed E-state index contributed by atoms with van der Waals surface area (Å²) in [5.74, 6) is -0.791. The van der Waals surface area contributed by atoms with Gasteiger partial charge in [0.25, 0.3) is 5.91 Å². The summed E-state index contributed by atoms with van der Waals surface area (Å²) in [7, 11) is -3.56. The van der Waals surface area contributed by atoms with Crippen LogP contribution in [0.1, 0.15) is 49.5 Å². The Morgan fingerprint density at radius 3 is 2.21 bits per heavy atom. The first kappa shape index (κ1) is 24.7. The number of anilines is 1. The fourth-order valence-corrected chi connectivity index (χ4v) is 4.84. The Hall–Kier alpha value is -2.97. The zero-order chi connectivity index (χ0) is 24.1. The van der Waals surface area contributed by atoms with E-state index in [1.165, 1.54) is 9.71 Å². The number of benzene rings is 2. The number of hydrogen-bond acceptors (Lipinski definition) is 4. The van der Waals surface area contributed by atoms with Crippen LogP contribution in [0.2, 0.25) is 0 Å². The van der Waals surface area contributed by atoms with Crippen molar-refractivity contribution < 1.29 is 18.0 Å². The minimum Gasteiger partial charge on any atom is -0.347 e. The smallest absolute Gasteiger partial charge is 0.253 e. The van der Waals surface area contributed by atoms with E-state index in [1.807, 2.05) is 51.1 Å². The third-order valence-electron chi connectivity index (χ3n) is 5.33. The molecule has 1 aliphatic heterocycles. The van der Waals surface area contributed by atoms with Gasteiger partial charge in [-0.1, -0.05) is 42.5 Å². The number of carbonyl (C=O) groups is 2. The summed E-state index contributed by atoms with van der Waals surface area (Å²) in [6.45, 7) is 6.21. The van der Waals surface area contributed by atoms with Crippen molar-refractivity contribution in [1.82, 2.24) is 9.62 Å². The average molecular weight is 470 g/mol. The summed E-state index contributed by atoms with van der Waals surface area (Å²) in [4.78, 5) is 25.5. The molecule has 0 unspecified atom stereocenters. The number of sulfonamides is 1. The van der Waals surface area contributed by atoms with Gasteiger partial charge in [-0.15, -0.1) is 0 Å². The maximum atomic E-state index is 12.9. The van der Waals surface area contributed by atoms with Crippen LogP contribution in [0.3, 0.4) is 0 Å². The highest BCUT2D eigenvalue weighted by atomic mass is 32.2. The van der Waals surface area contributed by atoms with E-state index >= 15 is 0 Å². The van der Waals surface area contributed by atoms with Crippen molar-refractivity contribution in [1.29, 1.82) is 0 Å². The first-order valence-corrected chi connectivity index (χ1v) is 12.5. The molecule has 0 bridgehead atoms. The molecule has 1 aliphatic rings. The molecule has 0 aliphatic carbocycles. The zero-order valence-corrected chi connectivity index (χ0v) is 20.1. The van der Waals surface area contributed by atoms with Crippen LogP contribution in [0.15, 0.2) is 60.0 Å². The van der Waals surface area contributed by atoms with E-state index in [0.29, 0.717) is 24.1 Å². The standard InChI is InChI=1S/C25H31N3O4S/c1-25(2,3)27-24(30)21-11-7-8-12-22(21)26-23(29)20-13-16-28(17-14-20)33(31,32)18-15-19-9-5-4-6-10-19/h4-12,15,18,20H,13-14,16-17H2,1-3H3,(H,26,29)(H,27,30). The molecule has 8 heteroatoms. The molecule has 7 nitrogen and oxygen atoms in total. The van der Waals surface area contributed by atoms with Crippen molar-refractivity contribution in [3.8, 4) is 0 Å². The van der Waals surface area contributed by atoms with Crippen molar-refractivity contribution in [3.63, 3.8) is 0 Å². The minimum absolute atomic E-state index is 0.206. The van der Waals surface area contributed by atoms with Crippen molar-refractivity contribution in [3.05, 3.63) is 71.1 Å². The molecule has 1 heterocycles. The molecular weight excluding hydrogens is 438 g/mol. The van der Waals surface area contributed by atoms with Gasteiger partial charge in [0.2, 0.25) is 15.9 Å². The predicted molar refractivity (Wildman–Crippen MR) is 131 cm³/mol. The summed E-state index contributed by atoms with van der Waals surface area (Å²) >= 11 is 0. The van der Waals surface area contributed by atoms with Crippen LogP contribution in [0.5, 0.6) is 0 Å². The first-order chi connectivity index (χ1) is 15.5. The van der Waals surface area contributed by atoms with Crippen LogP contribution >= 0.6 is 0 Å². The third-order valence-corrected chi connectivity index (χ3v) is 6.90. The Morgan fingerprint density at radius 1 is 0.970 bits per heavy atom. The summed E-state index contributed by atoms with van der Waals surface area (Å²) in [5.41, 5.74) is 1.25. The lowest BCUT2D eigenvalue weighted by Gasteiger charge is -2.29. The van der Waals surface area contributed by atoms with E-state index in [1.54, 1.807) is 30.3 Å². The van der Waals surface area contributed by atoms with Crippen LogP contribution in [-0.2, 0) is 14.8 Å². The molecule has 2 aromatic rings. The van der Waals surface area contributed by atoms with Crippen molar-refractivity contribution >= 4 is 33.6 Å². The van der Waals surface area contributed by atoms with Gasteiger partial charge in [0.1, 0.15) is 0 Å². The normalized spacial score (nSPS) is 16.0. The number of nitrogens with one attached hydrogen (secondary N) is 2. The van der Waals surface area contributed by atoms with E-state index in [2.05, 4.69) is 10.6 Å². The molecule has 0 saturated carbocycles. The number of amides is 2. The van der Waals surface area contributed by atoms with Gasteiger partial charge in [-0.2, -0.15) is 4.31 Å². The van der Waals surface area contributed by atoms with Gasteiger partial charge in [0.15, 0.2) is 0 Å². The van der Waals surface area contributed by atoms with Gasteiger partial charge in [-0.25, -0.2) is 8.42 Å². The SMILES string of the molecule is CC(C)(C)NC(=O)c1ccccc1NC(=O)C1CCN(S(=O)(=O)C=Cc2ccccc2)CC1. The molecule has 0 spiro atoms. The molecule has 2 N–H and O–H groups in total. The lowest BCUT2D eigenvalue weighted by atomic mass is 9.97. The Morgan fingerprint density at radius 2 is 1.58 bits per heavy atom. The maximum Gasteiger partial charge on any atom is 0.253 e. The average Bonchev–Trinajstić information content (AvgIpc) is 2.78. The van der Waals surface area contributed by atoms with Crippen molar-refractivity contribution in [2.24, 2.45) is 5.92 Å². The molecule has 176 valence electrons. The molecular formula is C25H31N3O4S. The molecule has 0 aromatic heterocycles. The number of hydrogen-bond donors (Lipinski definition) is 2. The molecule has 33 heavy (non-hydrogen) atoms. The Labute approximate surface area is 195 Å². The van der Waals surface area contributed by atoms with Crippen LogP contribution in [-0.4, -0.2) is 43.2 Å². The number of nitrogens with zero attached hydrogens (tertiary/aromatic N) is 1. The van der Waals surface area contributed by atoms with E-state index in [-0.39, 0.29) is 30.8 Å². The van der Waals surface area contributed by atoms with Crippen molar-refractivity contribution in [2.75, 3.05) is 18.4 Å². The van der Waals surface area contributed by atoms with Crippen molar-refractivity contribution in [2.45, 2.75) is 39.2 Å². The largest absolute Gasteiger partial charge is 0.347 e. The highest BCUT2D eigenvalue weighted by Gasteiger charge is 2.30. The highest BCUT2D eigenvalue weighted by Crippen LogP contribution is 2.24.